The second kappa shape index (κ2) is 12.3. The second-order valence-electron chi connectivity index (χ2n) is 7.16. The maximum atomic E-state index is 4.52. The van der Waals surface area contributed by atoms with E-state index in [-0.39, 0.29) is 24.0 Å². The molecule has 0 spiro atoms. The Balaban J connectivity index is 0.00000320. The lowest BCUT2D eigenvalue weighted by atomic mass is 10.2. The fourth-order valence-electron chi connectivity index (χ4n) is 3.22. The molecule has 0 fully saturated rings. The van der Waals surface area contributed by atoms with Gasteiger partial charge in [-0.1, -0.05) is 60.7 Å². The number of aromatic amines is 1. The Morgan fingerprint density at radius 3 is 2.33 bits per heavy atom. The number of rotatable bonds is 8. The number of H-pyrrole nitrogens is 1. The molecule has 0 aliphatic rings. The molecular formula is C23H31IN6. The highest BCUT2D eigenvalue weighted by molar-refractivity contribution is 14.0. The third kappa shape index (κ3) is 7.14. The first-order valence-electron chi connectivity index (χ1n) is 9.89. The van der Waals surface area contributed by atoms with Gasteiger partial charge in [0.05, 0.1) is 18.4 Å². The third-order valence-corrected chi connectivity index (χ3v) is 4.75. The minimum absolute atomic E-state index is 0. The van der Waals surface area contributed by atoms with E-state index in [1.54, 1.807) is 0 Å². The van der Waals surface area contributed by atoms with E-state index < -0.39 is 0 Å². The lowest BCUT2D eigenvalue weighted by Gasteiger charge is -2.23. The number of aromatic nitrogens is 2. The van der Waals surface area contributed by atoms with E-state index >= 15 is 0 Å². The van der Waals surface area contributed by atoms with Gasteiger partial charge in [0.1, 0.15) is 5.82 Å². The molecule has 1 heterocycles. The average Bonchev–Trinajstić information content (AvgIpc) is 3.21. The van der Waals surface area contributed by atoms with Gasteiger partial charge in [0.15, 0.2) is 5.96 Å². The molecule has 0 amide bonds. The summed E-state index contributed by atoms with van der Waals surface area (Å²) in [6.07, 6.45) is 1.88. The molecule has 1 aromatic heterocycles. The Labute approximate surface area is 196 Å². The molecule has 0 aliphatic carbocycles. The van der Waals surface area contributed by atoms with Crippen molar-refractivity contribution in [3.05, 3.63) is 78.2 Å². The molecular weight excluding hydrogens is 487 g/mol. The number of benzene rings is 2. The molecule has 2 N–H and O–H groups in total. The molecule has 6 nitrogen and oxygen atoms in total. The summed E-state index contributed by atoms with van der Waals surface area (Å²) in [7, 11) is 5.97. The van der Waals surface area contributed by atoms with Gasteiger partial charge in [-0.05, 0) is 18.2 Å². The van der Waals surface area contributed by atoms with Gasteiger partial charge >= 0.3 is 0 Å². The molecule has 0 atom stereocenters. The Hall–Kier alpha value is -2.39. The highest BCUT2D eigenvalue weighted by atomic mass is 127. The third-order valence-electron chi connectivity index (χ3n) is 4.75. The van der Waals surface area contributed by atoms with Crippen molar-refractivity contribution in [3.8, 4) is 11.3 Å². The molecule has 0 aliphatic heterocycles. The van der Waals surface area contributed by atoms with Gasteiger partial charge in [0.25, 0.3) is 0 Å². The highest BCUT2D eigenvalue weighted by Gasteiger charge is 2.10. The van der Waals surface area contributed by atoms with Crippen molar-refractivity contribution in [1.82, 2.24) is 25.1 Å². The molecule has 0 unspecified atom stereocenters. The quantitative estimate of drug-likeness (QED) is 0.271. The summed E-state index contributed by atoms with van der Waals surface area (Å²) in [5, 5.41) is 3.44. The van der Waals surface area contributed by atoms with Crippen LogP contribution in [0.2, 0.25) is 0 Å². The SMILES string of the molecule is CN=C(NCCN(C)Cc1ccccc1)N(C)Cc1ncc(-c2ccccc2)[nH]1.I. The average molecular weight is 518 g/mol. The first-order chi connectivity index (χ1) is 14.2. The number of aliphatic imine (C=N–C) groups is 1. The molecule has 0 bridgehead atoms. The zero-order valence-electron chi connectivity index (χ0n) is 17.9. The van der Waals surface area contributed by atoms with Crippen molar-refractivity contribution in [2.75, 3.05) is 34.2 Å². The first-order valence-corrected chi connectivity index (χ1v) is 9.89. The Morgan fingerprint density at radius 2 is 1.67 bits per heavy atom. The number of likely N-dealkylation sites (N-methyl/N-ethyl adjacent to an activating group) is 1. The largest absolute Gasteiger partial charge is 0.355 e. The van der Waals surface area contributed by atoms with Gasteiger partial charge in [-0.25, -0.2) is 4.98 Å². The van der Waals surface area contributed by atoms with Crippen LogP contribution in [-0.2, 0) is 13.1 Å². The Bertz CT molecular complexity index is 894. The van der Waals surface area contributed by atoms with E-state index in [4.69, 9.17) is 0 Å². The van der Waals surface area contributed by atoms with Crippen LogP contribution in [0.4, 0.5) is 0 Å². The van der Waals surface area contributed by atoms with E-state index in [9.17, 15) is 0 Å². The van der Waals surface area contributed by atoms with Crippen LogP contribution in [0.1, 0.15) is 11.4 Å². The number of guanidine groups is 1. The molecule has 0 saturated carbocycles. The molecule has 2 aromatic carbocycles. The number of halogens is 1. The summed E-state index contributed by atoms with van der Waals surface area (Å²) in [6.45, 7) is 3.35. The number of nitrogens with zero attached hydrogens (tertiary/aromatic N) is 4. The predicted molar refractivity (Wildman–Crippen MR) is 135 cm³/mol. The molecule has 30 heavy (non-hydrogen) atoms. The van der Waals surface area contributed by atoms with Crippen LogP contribution in [0, 0.1) is 0 Å². The number of imidazole rings is 1. The highest BCUT2D eigenvalue weighted by Crippen LogP contribution is 2.16. The van der Waals surface area contributed by atoms with Gasteiger partial charge in [-0.15, -0.1) is 24.0 Å². The molecule has 0 radical (unpaired) electrons. The van der Waals surface area contributed by atoms with E-state index in [2.05, 4.69) is 73.5 Å². The number of hydrogen-bond acceptors (Lipinski definition) is 3. The van der Waals surface area contributed by atoms with Gasteiger partial charge in [-0.2, -0.15) is 0 Å². The Kier molecular flexibility index (Phi) is 9.82. The Morgan fingerprint density at radius 1 is 1.00 bits per heavy atom. The van der Waals surface area contributed by atoms with E-state index in [0.717, 1.165) is 42.7 Å². The fraction of sp³-hybridized carbons (Fsp3) is 0.304. The van der Waals surface area contributed by atoms with Gasteiger partial charge < -0.3 is 20.1 Å². The monoisotopic (exact) mass is 518 g/mol. The van der Waals surface area contributed by atoms with Crippen LogP contribution in [0.5, 0.6) is 0 Å². The minimum atomic E-state index is 0. The lowest BCUT2D eigenvalue weighted by Crippen LogP contribution is -2.41. The van der Waals surface area contributed by atoms with Gasteiger partial charge in [-0.3, -0.25) is 4.99 Å². The standard InChI is InChI=1S/C23H30N6.HI/c1-24-23(25-14-15-28(2)17-19-10-6-4-7-11-19)29(3)18-22-26-16-21(27-22)20-12-8-5-9-13-20;/h4-13,16H,14-15,17-18H2,1-3H3,(H,24,25)(H,26,27);1H. The number of nitrogens with one attached hydrogen (secondary N) is 2. The van der Waals surface area contributed by atoms with E-state index in [1.165, 1.54) is 5.56 Å². The fourth-order valence-corrected chi connectivity index (χ4v) is 3.22. The van der Waals surface area contributed by atoms with Gasteiger partial charge in [0.2, 0.25) is 0 Å². The van der Waals surface area contributed by atoms with Crippen LogP contribution in [-0.4, -0.2) is 60.0 Å². The summed E-state index contributed by atoms with van der Waals surface area (Å²) in [4.78, 5) is 16.7. The van der Waals surface area contributed by atoms with Crippen molar-refractivity contribution >= 4 is 29.9 Å². The van der Waals surface area contributed by atoms with Crippen LogP contribution >= 0.6 is 24.0 Å². The summed E-state index contributed by atoms with van der Waals surface area (Å²) in [5.41, 5.74) is 3.49. The molecule has 3 aromatic rings. The normalized spacial score (nSPS) is 11.3. The zero-order chi connectivity index (χ0) is 20.5. The molecule has 3 rings (SSSR count). The summed E-state index contributed by atoms with van der Waals surface area (Å²) in [6, 6.07) is 20.7. The maximum Gasteiger partial charge on any atom is 0.193 e. The van der Waals surface area contributed by atoms with Crippen molar-refractivity contribution in [3.63, 3.8) is 0 Å². The second-order valence-corrected chi connectivity index (χ2v) is 7.16. The van der Waals surface area contributed by atoms with Crippen LogP contribution < -0.4 is 5.32 Å². The molecule has 160 valence electrons. The van der Waals surface area contributed by atoms with Crippen molar-refractivity contribution in [2.45, 2.75) is 13.1 Å². The van der Waals surface area contributed by atoms with E-state index in [1.807, 2.05) is 44.6 Å². The smallest absolute Gasteiger partial charge is 0.193 e. The minimum Gasteiger partial charge on any atom is -0.355 e. The zero-order valence-corrected chi connectivity index (χ0v) is 20.2. The molecule has 0 saturated heterocycles. The summed E-state index contributed by atoms with van der Waals surface area (Å²) < 4.78 is 0. The summed E-state index contributed by atoms with van der Waals surface area (Å²) in [5.74, 6) is 1.77. The summed E-state index contributed by atoms with van der Waals surface area (Å²) >= 11 is 0. The van der Waals surface area contributed by atoms with Crippen LogP contribution in [0.3, 0.4) is 0 Å². The number of hydrogen-bond donors (Lipinski definition) is 2. The van der Waals surface area contributed by atoms with Crippen LogP contribution in [0.15, 0.2) is 71.9 Å². The molecule has 7 heteroatoms. The van der Waals surface area contributed by atoms with Crippen molar-refractivity contribution < 1.29 is 0 Å². The topological polar surface area (TPSA) is 59.6 Å². The van der Waals surface area contributed by atoms with Gasteiger partial charge in [0, 0.05) is 33.7 Å². The first kappa shape index (κ1) is 23.9. The van der Waals surface area contributed by atoms with E-state index in [0.29, 0.717) is 6.54 Å². The lowest BCUT2D eigenvalue weighted by molar-refractivity contribution is 0.328. The van der Waals surface area contributed by atoms with Crippen molar-refractivity contribution in [1.29, 1.82) is 0 Å². The predicted octanol–water partition coefficient (Wildman–Crippen LogP) is 3.83. The van der Waals surface area contributed by atoms with Crippen LogP contribution in [0.25, 0.3) is 11.3 Å². The van der Waals surface area contributed by atoms with Crippen molar-refractivity contribution in [2.24, 2.45) is 4.99 Å². The maximum absolute atomic E-state index is 4.52.